The molecule has 2 saturated carbocycles. The molecule has 9 aromatic rings. The van der Waals surface area contributed by atoms with Crippen LogP contribution in [-0.4, -0.2) is 19.6 Å². The van der Waals surface area contributed by atoms with Crippen LogP contribution in [0, 0.1) is 5.92 Å². The molecule has 4 nitrogen and oxygen atoms in total. The predicted molar refractivity (Wildman–Crippen MR) is 283 cm³/mol. The maximum atomic E-state index is 12.4. The standard InChI is InChI=1S/C64H61N3O/c1-64(2,3)53-40-51(39-52(41-53)58-42-50(35-36-65-58)47-32-30-46(31-33-47)45-19-7-4-8-20-45)54-25-16-28-60-61(54)66-63(56-27-15-26-55(62(56)68)48-21-9-5-10-22-48)67(60)59-34-29-44(37-43-17-13-14-18-43)38-57(59)49-23-11-6-12-24-49/h5-6,9-12,15-16,21-36,38-43,45,68H,4,7-8,13-14,17-20,37H2,1-3H3. The zero-order valence-electron chi connectivity index (χ0n) is 39.8. The second-order valence-corrected chi connectivity index (χ2v) is 20.5. The van der Waals surface area contributed by atoms with Gasteiger partial charge in [0.1, 0.15) is 11.6 Å². The summed E-state index contributed by atoms with van der Waals surface area (Å²) in [7, 11) is 0. The van der Waals surface area contributed by atoms with Gasteiger partial charge in [0, 0.05) is 28.5 Å². The molecule has 0 aliphatic heterocycles. The highest BCUT2D eigenvalue weighted by Crippen LogP contribution is 2.45. The molecule has 2 fully saturated rings. The summed E-state index contributed by atoms with van der Waals surface area (Å²) in [6.45, 7) is 6.85. The van der Waals surface area contributed by atoms with Crippen LogP contribution in [0.5, 0.6) is 5.75 Å². The molecule has 2 aliphatic carbocycles. The van der Waals surface area contributed by atoms with Crippen molar-refractivity contribution in [2.45, 2.75) is 96.3 Å². The molecule has 1 N–H and O–H groups in total. The smallest absolute Gasteiger partial charge is 0.149 e. The third kappa shape index (κ3) is 8.69. The summed E-state index contributed by atoms with van der Waals surface area (Å²) in [5.41, 5.74) is 18.0. The molecule has 2 heterocycles. The minimum atomic E-state index is -0.135. The van der Waals surface area contributed by atoms with Gasteiger partial charge in [0.25, 0.3) is 0 Å². The van der Waals surface area contributed by atoms with Crippen LogP contribution in [0.25, 0.3) is 83.9 Å². The number of phenols is 1. The number of aromatic nitrogens is 3. The molecule has 0 bridgehead atoms. The van der Waals surface area contributed by atoms with Crippen molar-refractivity contribution < 1.29 is 5.11 Å². The van der Waals surface area contributed by atoms with E-state index < -0.39 is 0 Å². The van der Waals surface area contributed by atoms with Gasteiger partial charge >= 0.3 is 0 Å². The van der Waals surface area contributed by atoms with Gasteiger partial charge < -0.3 is 5.11 Å². The number of hydrogen-bond donors (Lipinski definition) is 1. The third-order valence-electron chi connectivity index (χ3n) is 14.9. The van der Waals surface area contributed by atoms with E-state index >= 15 is 0 Å². The van der Waals surface area contributed by atoms with Gasteiger partial charge in [-0.2, -0.15) is 0 Å². The summed E-state index contributed by atoms with van der Waals surface area (Å²) in [4.78, 5) is 10.7. The number of phenolic OH excluding ortho intramolecular Hbond substituents is 1. The van der Waals surface area contributed by atoms with Gasteiger partial charge in [-0.15, -0.1) is 0 Å². The Bertz CT molecular complexity index is 3220. The van der Waals surface area contributed by atoms with Gasteiger partial charge in [-0.25, -0.2) is 4.98 Å². The van der Waals surface area contributed by atoms with Crippen LogP contribution in [0.2, 0.25) is 0 Å². The molecular weight excluding hydrogens is 827 g/mol. The van der Waals surface area contributed by atoms with Crippen LogP contribution in [0.3, 0.4) is 0 Å². The number of benzene rings is 7. The van der Waals surface area contributed by atoms with Crippen LogP contribution < -0.4 is 0 Å². The van der Waals surface area contributed by atoms with Gasteiger partial charge in [0.2, 0.25) is 0 Å². The normalized spacial score (nSPS) is 14.8. The lowest BCUT2D eigenvalue weighted by molar-refractivity contribution is 0.443. The highest BCUT2D eigenvalue weighted by atomic mass is 16.3. The molecule has 68 heavy (non-hydrogen) atoms. The van der Waals surface area contributed by atoms with Crippen molar-refractivity contribution in [1.82, 2.24) is 14.5 Å². The second-order valence-electron chi connectivity index (χ2n) is 20.5. The maximum Gasteiger partial charge on any atom is 0.149 e. The first kappa shape index (κ1) is 43.5. The lowest BCUT2D eigenvalue weighted by Crippen LogP contribution is -2.11. The average molecular weight is 888 g/mol. The monoisotopic (exact) mass is 887 g/mol. The fraction of sp³-hybridized carbons (Fsp3) is 0.250. The fourth-order valence-electron chi connectivity index (χ4n) is 11.1. The molecule has 0 radical (unpaired) electrons. The quantitative estimate of drug-likeness (QED) is 0.149. The molecule has 0 atom stereocenters. The van der Waals surface area contributed by atoms with E-state index in [1.165, 1.54) is 85.6 Å². The van der Waals surface area contributed by atoms with E-state index in [0.717, 1.165) is 73.7 Å². The molecule has 4 heteroatoms. The van der Waals surface area contributed by atoms with E-state index in [-0.39, 0.29) is 11.2 Å². The van der Waals surface area contributed by atoms with Crippen molar-refractivity contribution in [3.63, 3.8) is 0 Å². The summed E-state index contributed by atoms with van der Waals surface area (Å²) in [5.74, 6) is 2.31. The largest absolute Gasteiger partial charge is 0.507 e. The number of imidazole rings is 1. The zero-order chi connectivity index (χ0) is 46.2. The van der Waals surface area contributed by atoms with Gasteiger partial charge in [-0.05, 0) is 130 Å². The number of pyridine rings is 1. The number of aromatic hydroxyl groups is 1. The summed E-state index contributed by atoms with van der Waals surface area (Å²) in [6, 6.07) is 61.2. The minimum Gasteiger partial charge on any atom is -0.507 e. The Morgan fingerprint density at radius 2 is 1.19 bits per heavy atom. The zero-order valence-corrected chi connectivity index (χ0v) is 39.8. The number of rotatable bonds is 10. The van der Waals surface area contributed by atoms with E-state index in [1.807, 2.05) is 42.6 Å². The van der Waals surface area contributed by atoms with Crippen molar-refractivity contribution in [1.29, 1.82) is 0 Å². The van der Waals surface area contributed by atoms with Crippen molar-refractivity contribution in [3.8, 4) is 78.6 Å². The van der Waals surface area contributed by atoms with E-state index in [9.17, 15) is 5.11 Å². The first-order chi connectivity index (χ1) is 33.2. The summed E-state index contributed by atoms with van der Waals surface area (Å²) in [5, 5.41) is 12.4. The molecular formula is C64H61N3O. The van der Waals surface area contributed by atoms with E-state index in [2.05, 4.69) is 159 Å². The molecule has 2 aromatic heterocycles. The fourth-order valence-corrected chi connectivity index (χ4v) is 11.1. The highest BCUT2D eigenvalue weighted by Gasteiger charge is 2.26. The Kier molecular flexibility index (Phi) is 11.9. The number of para-hydroxylation sites is 2. The van der Waals surface area contributed by atoms with Crippen molar-refractivity contribution in [2.24, 2.45) is 5.92 Å². The lowest BCUT2D eigenvalue weighted by atomic mass is 9.83. The molecule has 0 amide bonds. The predicted octanol–water partition coefficient (Wildman–Crippen LogP) is 17.2. The van der Waals surface area contributed by atoms with Crippen LogP contribution in [0.15, 0.2) is 176 Å². The average Bonchev–Trinajstić information content (AvgIpc) is 4.05. The molecule has 11 rings (SSSR count). The van der Waals surface area contributed by atoms with Crippen LogP contribution in [0.4, 0.5) is 0 Å². The number of hydrogen-bond acceptors (Lipinski definition) is 3. The Morgan fingerprint density at radius 3 is 1.93 bits per heavy atom. The van der Waals surface area contributed by atoms with Gasteiger partial charge in [0.15, 0.2) is 0 Å². The molecule has 0 unspecified atom stereocenters. The van der Waals surface area contributed by atoms with E-state index in [0.29, 0.717) is 17.3 Å². The SMILES string of the molecule is CC(C)(C)c1cc(-c2cc(-c3ccc(C4CCCCC4)cc3)ccn2)cc(-c2cccc3c2nc(-c2cccc(-c4ccccc4)c2O)n3-c2ccc(CC3CCCC3)cc2-c2ccccc2)c1. The van der Waals surface area contributed by atoms with Crippen molar-refractivity contribution in [3.05, 3.63) is 193 Å². The summed E-state index contributed by atoms with van der Waals surface area (Å²) < 4.78 is 2.30. The van der Waals surface area contributed by atoms with Crippen LogP contribution in [0.1, 0.15) is 101 Å². The van der Waals surface area contributed by atoms with E-state index in [4.69, 9.17) is 9.97 Å². The minimum absolute atomic E-state index is 0.135. The number of nitrogens with zero attached hydrogens (tertiary/aromatic N) is 3. The Labute approximate surface area is 402 Å². The lowest BCUT2D eigenvalue weighted by Gasteiger charge is -2.22. The second kappa shape index (κ2) is 18.6. The van der Waals surface area contributed by atoms with Gasteiger partial charge in [-0.1, -0.05) is 187 Å². The highest BCUT2D eigenvalue weighted by molar-refractivity contribution is 5.98. The van der Waals surface area contributed by atoms with Crippen molar-refractivity contribution in [2.75, 3.05) is 0 Å². The Morgan fingerprint density at radius 1 is 0.529 bits per heavy atom. The molecule has 338 valence electrons. The summed E-state index contributed by atoms with van der Waals surface area (Å²) >= 11 is 0. The first-order valence-corrected chi connectivity index (χ1v) is 25.1. The molecule has 7 aromatic carbocycles. The summed E-state index contributed by atoms with van der Waals surface area (Å²) in [6.07, 6.45) is 14.9. The topological polar surface area (TPSA) is 50.9 Å². The molecule has 2 aliphatic rings. The van der Waals surface area contributed by atoms with E-state index in [1.54, 1.807) is 0 Å². The third-order valence-corrected chi connectivity index (χ3v) is 14.9. The van der Waals surface area contributed by atoms with Crippen LogP contribution >= 0.6 is 0 Å². The van der Waals surface area contributed by atoms with Gasteiger partial charge in [0.05, 0.1) is 28.0 Å². The van der Waals surface area contributed by atoms with Crippen LogP contribution in [-0.2, 0) is 11.8 Å². The molecule has 0 spiro atoms. The Balaban J connectivity index is 1.09. The number of fused-ring (bicyclic) bond motifs is 1. The van der Waals surface area contributed by atoms with Crippen molar-refractivity contribution >= 4 is 11.0 Å². The maximum absolute atomic E-state index is 12.4. The Hall–Kier alpha value is -7.04. The molecule has 0 saturated heterocycles. The van der Waals surface area contributed by atoms with Gasteiger partial charge in [-0.3, -0.25) is 9.55 Å². The first-order valence-electron chi connectivity index (χ1n) is 25.1.